The van der Waals surface area contributed by atoms with E-state index in [0.29, 0.717) is 5.88 Å². The molecule has 1 amide bonds. The molecule has 0 aromatic rings. The predicted octanol–water partition coefficient (Wildman–Crippen LogP) is 0.197. The van der Waals surface area contributed by atoms with Crippen molar-refractivity contribution in [2.45, 2.75) is 13.0 Å². The van der Waals surface area contributed by atoms with Gasteiger partial charge in [0, 0.05) is 12.7 Å². The van der Waals surface area contributed by atoms with Crippen LogP contribution in [0.15, 0.2) is 0 Å². The van der Waals surface area contributed by atoms with Gasteiger partial charge in [-0.2, -0.15) is 0 Å². The molecular formula is C6H11N2O3S2. The van der Waals surface area contributed by atoms with Crippen LogP contribution in [-0.2, 0) is 9.59 Å². The third-order valence-corrected chi connectivity index (χ3v) is 3.16. The summed E-state index contributed by atoms with van der Waals surface area (Å²) >= 11 is 0. The van der Waals surface area contributed by atoms with Gasteiger partial charge < -0.3 is 10.4 Å². The number of aliphatic carboxylic acids is 1. The summed E-state index contributed by atoms with van der Waals surface area (Å²) in [6.45, 7) is 1.41. The van der Waals surface area contributed by atoms with E-state index in [9.17, 15) is 9.59 Å². The highest BCUT2D eigenvalue weighted by molar-refractivity contribution is 8.76. The molecule has 0 spiro atoms. The topological polar surface area (TPSA) is 90.2 Å². The van der Waals surface area contributed by atoms with Crippen molar-refractivity contribution in [1.29, 1.82) is 0 Å². The Kier molecular flexibility index (Phi) is 6.83. The van der Waals surface area contributed by atoms with Crippen molar-refractivity contribution in [3.63, 3.8) is 0 Å². The number of hydrogen-bond acceptors (Lipinski definition) is 4. The minimum atomic E-state index is -1.12. The quantitative estimate of drug-likeness (QED) is 0.381. The third-order valence-electron chi connectivity index (χ3n) is 0.996. The van der Waals surface area contributed by atoms with E-state index in [2.05, 4.69) is 5.32 Å². The molecule has 1 unspecified atom stereocenters. The summed E-state index contributed by atoms with van der Waals surface area (Å²) in [5, 5.41) is 10.9. The van der Waals surface area contributed by atoms with E-state index >= 15 is 0 Å². The van der Waals surface area contributed by atoms with Crippen LogP contribution in [0.1, 0.15) is 6.92 Å². The van der Waals surface area contributed by atoms with Crippen molar-refractivity contribution >= 4 is 33.5 Å². The van der Waals surface area contributed by atoms with E-state index in [1.165, 1.54) is 28.5 Å². The minimum Gasteiger partial charge on any atom is -0.480 e. The summed E-state index contributed by atoms with van der Waals surface area (Å²) in [6, 6.07) is -1.09. The maximum Gasteiger partial charge on any atom is 0.322 e. The van der Waals surface area contributed by atoms with Crippen molar-refractivity contribution in [3.8, 4) is 0 Å². The number of rotatable bonds is 6. The Hall–Kier alpha value is -0.400. The van der Waals surface area contributed by atoms with Gasteiger partial charge in [-0.15, -0.1) is 0 Å². The molecule has 0 heterocycles. The van der Waals surface area contributed by atoms with Crippen LogP contribution in [-0.4, -0.2) is 34.7 Å². The molecule has 0 saturated carbocycles. The van der Waals surface area contributed by atoms with Gasteiger partial charge in [0.25, 0.3) is 0 Å². The molecule has 0 aliphatic rings. The first-order chi connectivity index (χ1) is 6.04. The van der Waals surface area contributed by atoms with Gasteiger partial charge in [-0.1, -0.05) is 21.6 Å². The Balaban J connectivity index is 3.26. The fourth-order valence-corrected chi connectivity index (χ4v) is 2.20. The van der Waals surface area contributed by atoms with Crippen molar-refractivity contribution in [1.82, 2.24) is 11.1 Å². The first-order valence-corrected chi connectivity index (χ1v) is 5.95. The van der Waals surface area contributed by atoms with Crippen molar-refractivity contribution in [2.24, 2.45) is 0 Å². The van der Waals surface area contributed by atoms with Crippen molar-refractivity contribution < 1.29 is 14.7 Å². The van der Waals surface area contributed by atoms with Gasteiger partial charge in [-0.25, -0.2) is 5.73 Å². The highest BCUT2D eigenvalue weighted by atomic mass is 33.1. The van der Waals surface area contributed by atoms with E-state index in [0.717, 1.165) is 0 Å². The summed E-state index contributed by atoms with van der Waals surface area (Å²) < 4.78 is 0. The largest absolute Gasteiger partial charge is 0.480 e. The Bertz CT molecular complexity index is 189. The molecule has 0 fully saturated rings. The molecule has 0 rings (SSSR count). The summed E-state index contributed by atoms with van der Waals surface area (Å²) in [6.07, 6.45) is 0. The van der Waals surface area contributed by atoms with E-state index < -0.39 is 12.0 Å². The van der Waals surface area contributed by atoms with Gasteiger partial charge in [0.05, 0.1) is 5.88 Å². The second-order valence-electron chi connectivity index (χ2n) is 2.17. The Morgan fingerprint density at radius 1 is 1.54 bits per heavy atom. The lowest BCUT2D eigenvalue weighted by Gasteiger charge is -2.04. The summed E-state index contributed by atoms with van der Waals surface area (Å²) in [4.78, 5) is 20.6. The first kappa shape index (κ1) is 12.6. The molecule has 13 heavy (non-hydrogen) atoms. The maximum atomic E-state index is 10.4. The van der Waals surface area contributed by atoms with Crippen LogP contribution >= 0.6 is 21.6 Å². The van der Waals surface area contributed by atoms with Crippen LogP contribution in [0.2, 0.25) is 0 Å². The van der Waals surface area contributed by atoms with Crippen molar-refractivity contribution in [2.75, 3.05) is 11.6 Å². The van der Waals surface area contributed by atoms with E-state index in [1.54, 1.807) is 0 Å². The number of carbonyl (C=O) groups is 2. The molecule has 1 radical (unpaired) electrons. The number of carboxylic acid groups (broad SMARTS) is 1. The maximum absolute atomic E-state index is 10.4. The molecule has 0 aromatic carbocycles. The molecule has 0 aliphatic heterocycles. The lowest BCUT2D eigenvalue weighted by atomic mass is 10.4. The number of amides is 1. The van der Waals surface area contributed by atoms with Gasteiger partial charge in [0.15, 0.2) is 0 Å². The molecular weight excluding hydrogens is 212 g/mol. The summed E-state index contributed by atoms with van der Waals surface area (Å²) in [5.41, 5.74) is 7.03. The molecule has 0 saturated heterocycles. The highest BCUT2D eigenvalue weighted by Crippen LogP contribution is 2.20. The zero-order chi connectivity index (χ0) is 10.3. The van der Waals surface area contributed by atoms with E-state index in [1.807, 2.05) is 0 Å². The smallest absolute Gasteiger partial charge is 0.322 e. The molecule has 75 valence electrons. The van der Waals surface area contributed by atoms with Gasteiger partial charge in [-0.3, -0.25) is 9.59 Å². The summed E-state index contributed by atoms with van der Waals surface area (Å²) in [7, 11) is 2.59. The average Bonchev–Trinajstić information content (AvgIpc) is 2.02. The SMILES string of the molecule is CC(=O)NCSSCC([NH])C(=O)O. The second-order valence-corrected chi connectivity index (χ2v) is 4.68. The number of carboxylic acids is 1. The Labute approximate surface area is 84.2 Å². The van der Waals surface area contributed by atoms with E-state index in [-0.39, 0.29) is 11.7 Å². The zero-order valence-corrected chi connectivity index (χ0v) is 8.70. The Morgan fingerprint density at radius 3 is 2.62 bits per heavy atom. The normalized spacial score (nSPS) is 12.2. The third kappa shape index (κ3) is 7.94. The fourth-order valence-electron chi connectivity index (χ4n) is 0.360. The fraction of sp³-hybridized carbons (Fsp3) is 0.667. The highest BCUT2D eigenvalue weighted by Gasteiger charge is 2.11. The number of carbonyl (C=O) groups excluding carboxylic acids is 1. The number of nitrogens with one attached hydrogen (secondary N) is 2. The lowest BCUT2D eigenvalue weighted by molar-refractivity contribution is -0.138. The van der Waals surface area contributed by atoms with Crippen LogP contribution < -0.4 is 11.1 Å². The molecule has 7 heteroatoms. The second kappa shape index (κ2) is 7.05. The first-order valence-electron chi connectivity index (χ1n) is 3.47. The lowest BCUT2D eigenvalue weighted by Crippen LogP contribution is -2.24. The minimum absolute atomic E-state index is 0.117. The monoisotopic (exact) mass is 223 g/mol. The molecule has 0 aromatic heterocycles. The molecule has 1 atom stereocenters. The van der Waals surface area contributed by atoms with Crippen LogP contribution in [0.4, 0.5) is 0 Å². The average molecular weight is 223 g/mol. The molecule has 3 N–H and O–H groups in total. The standard InChI is InChI=1S/C6H11N2O3S2/c1-4(9)8-3-13-12-2-5(7)6(10)11/h5,7H,2-3H2,1H3,(H,8,9)(H,10,11). The van der Waals surface area contributed by atoms with Gasteiger partial charge >= 0.3 is 5.97 Å². The predicted molar refractivity (Wildman–Crippen MR) is 53.3 cm³/mol. The van der Waals surface area contributed by atoms with Crippen LogP contribution in [0.25, 0.3) is 0 Å². The summed E-state index contributed by atoms with van der Waals surface area (Å²) in [5.74, 6) is -0.576. The van der Waals surface area contributed by atoms with Gasteiger partial charge in [0.1, 0.15) is 6.04 Å². The van der Waals surface area contributed by atoms with Crippen LogP contribution in [0, 0.1) is 0 Å². The van der Waals surface area contributed by atoms with Gasteiger partial charge in [0.2, 0.25) is 5.91 Å². The van der Waals surface area contributed by atoms with Crippen LogP contribution in [0.5, 0.6) is 0 Å². The van der Waals surface area contributed by atoms with E-state index in [4.69, 9.17) is 10.8 Å². The zero-order valence-electron chi connectivity index (χ0n) is 7.07. The van der Waals surface area contributed by atoms with Gasteiger partial charge in [-0.05, 0) is 0 Å². The molecule has 5 nitrogen and oxygen atoms in total. The van der Waals surface area contributed by atoms with Crippen LogP contribution in [0.3, 0.4) is 0 Å². The number of hydrogen-bond donors (Lipinski definition) is 2. The molecule has 0 bridgehead atoms. The molecule has 0 aliphatic carbocycles. The Morgan fingerprint density at radius 2 is 2.15 bits per heavy atom. The van der Waals surface area contributed by atoms with Crippen molar-refractivity contribution in [3.05, 3.63) is 0 Å².